The standard InChI is InChI=1S/C27H25Cl2F2N3O3S/c1-34-12-11-19(16-5-7-18(30)8-6-16)17(14-34)15-37-23-3-2-4-24(26(23)31)38(35,36)33-22-10-9-20(28)25-21(29)13-32-27(22)25/h2-10,13,17,19,32-33H,11-12,14-15H2,1H3/t17-,19-/m0/s1. The van der Waals surface area contributed by atoms with Crippen molar-refractivity contribution < 1.29 is 21.9 Å². The Bertz CT molecular complexity index is 1580. The molecule has 3 aromatic carbocycles. The second kappa shape index (κ2) is 10.7. The molecular weight excluding hydrogens is 555 g/mol. The van der Waals surface area contributed by atoms with Crippen LogP contribution in [-0.4, -0.2) is 45.0 Å². The lowest BCUT2D eigenvalue weighted by Gasteiger charge is -2.37. The van der Waals surface area contributed by atoms with Gasteiger partial charge in [-0.3, -0.25) is 4.72 Å². The van der Waals surface area contributed by atoms with E-state index in [9.17, 15) is 12.8 Å². The first kappa shape index (κ1) is 26.7. The van der Waals surface area contributed by atoms with Crippen molar-refractivity contribution in [3.63, 3.8) is 0 Å². The molecule has 0 bridgehead atoms. The van der Waals surface area contributed by atoms with E-state index in [1.807, 2.05) is 7.05 Å². The molecule has 6 nitrogen and oxygen atoms in total. The number of benzene rings is 3. The fourth-order valence-corrected chi connectivity index (χ4v) is 6.71. The van der Waals surface area contributed by atoms with Crippen LogP contribution in [0.2, 0.25) is 10.0 Å². The number of hydrogen-bond acceptors (Lipinski definition) is 4. The van der Waals surface area contributed by atoms with Crippen molar-refractivity contribution in [2.24, 2.45) is 5.92 Å². The average molecular weight is 580 g/mol. The van der Waals surface area contributed by atoms with Crippen molar-refractivity contribution in [3.8, 4) is 5.75 Å². The molecule has 4 aromatic rings. The molecule has 1 saturated heterocycles. The zero-order valence-electron chi connectivity index (χ0n) is 20.3. The van der Waals surface area contributed by atoms with Gasteiger partial charge in [-0.05, 0) is 67.9 Å². The first-order valence-electron chi connectivity index (χ1n) is 12.0. The smallest absolute Gasteiger partial charge is 0.265 e. The summed E-state index contributed by atoms with van der Waals surface area (Å²) in [5, 5.41) is 1.14. The van der Waals surface area contributed by atoms with Crippen LogP contribution in [0.15, 0.2) is 65.7 Å². The molecule has 0 amide bonds. The summed E-state index contributed by atoms with van der Waals surface area (Å²) < 4.78 is 63.6. The van der Waals surface area contributed by atoms with Crippen LogP contribution in [0.25, 0.3) is 10.9 Å². The van der Waals surface area contributed by atoms with E-state index in [1.165, 1.54) is 48.7 Å². The normalized spacial score (nSPS) is 18.6. The topological polar surface area (TPSA) is 74.4 Å². The van der Waals surface area contributed by atoms with Crippen LogP contribution >= 0.6 is 23.2 Å². The molecule has 38 heavy (non-hydrogen) atoms. The first-order chi connectivity index (χ1) is 18.1. The van der Waals surface area contributed by atoms with Gasteiger partial charge in [-0.1, -0.05) is 41.4 Å². The lowest BCUT2D eigenvalue weighted by Crippen LogP contribution is -2.39. The number of ether oxygens (including phenoxy) is 1. The molecule has 0 radical (unpaired) electrons. The third kappa shape index (κ3) is 5.33. The number of fused-ring (bicyclic) bond motifs is 1. The predicted octanol–water partition coefficient (Wildman–Crippen LogP) is 6.67. The van der Waals surface area contributed by atoms with E-state index in [1.54, 1.807) is 12.1 Å². The Morgan fingerprint density at radius 2 is 1.84 bits per heavy atom. The van der Waals surface area contributed by atoms with Crippen LogP contribution in [0.3, 0.4) is 0 Å². The third-order valence-corrected chi connectivity index (χ3v) is 8.88. The number of halogens is 4. The molecule has 1 aromatic heterocycles. The minimum Gasteiger partial charge on any atom is -0.490 e. The summed E-state index contributed by atoms with van der Waals surface area (Å²) in [6.07, 6.45) is 2.34. The van der Waals surface area contributed by atoms with E-state index in [2.05, 4.69) is 14.6 Å². The highest BCUT2D eigenvalue weighted by Gasteiger charge is 2.30. The van der Waals surface area contributed by atoms with Gasteiger partial charge in [0.1, 0.15) is 10.7 Å². The number of aromatic nitrogens is 1. The molecule has 11 heteroatoms. The van der Waals surface area contributed by atoms with Gasteiger partial charge in [-0.15, -0.1) is 0 Å². The number of nitrogens with zero attached hydrogens (tertiary/aromatic N) is 1. The molecular formula is C27H25Cl2F2N3O3S. The van der Waals surface area contributed by atoms with Gasteiger partial charge in [0.15, 0.2) is 11.6 Å². The van der Waals surface area contributed by atoms with Crippen molar-refractivity contribution in [2.75, 3.05) is 31.5 Å². The lowest BCUT2D eigenvalue weighted by molar-refractivity contribution is 0.126. The zero-order valence-corrected chi connectivity index (χ0v) is 22.7. The fourth-order valence-electron chi connectivity index (χ4n) is 4.99. The number of hydrogen-bond donors (Lipinski definition) is 2. The molecule has 0 aliphatic carbocycles. The van der Waals surface area contributed by atoms with E-state index in [0.29, 0.717) is 27.5 Å². The van der Waals surface area contributed by atoms with Crippen LogP contribution in [0, 0.1) is 17.6 Å². The summed E-state index contributed by atoms with van der Waals surface area (Å²) in [6.45, 7) is 1.74. The molecule has 2 heterocycles. The number of piperidine rings is 1. The second-order valence-corrected chi connectivity index (χ2v) is 11.9. The molecule has 0 spiro atoms. The van der Waals surface area contributed by atoms with Gasteiger partial charge in [0.2, 0.25) is 0 Å². The van der Waals surface area contributed by atoms with E-state index in [4.69, 9.17) is 27.9 Å². The number of aromatic amines is 1. The summed E-state index contributed by atoms with van der Waals surface area (Å²) in [7, 11) is -2.33. The predicted molar refractivity (Wildman–Crippen MR) is 146 cm³/mol. The Balaban J connectivity index is 1.37. The minimum absolute atomic E-state index is 0.00280. The fraction of sp³-hybridized carbons (Fsp3) is 0.259. The van der Waals surface area contributed by atoms with E-state index in [0.717, 1.165) is 18.5 Å². The van der Waals surface area contributed by atoms with Gasteiger partial charge in [0.05, 0.1) is 27.9 Å². The van der Waals surface area contributed by atoms with Crippen molar-refractivity contribution in [1.29, 1.82) is 0 Å². The summed E-state index contributed by atoms with van der Waals surface area (Å²) >= 11 is 12.4. The van der Waals surface area contributed by atoms with Crippen LogP contribution < -0.4 is 9.46 Å². The van der Waals surface area contributed by atoms with Crippen LogP contribution in [0.1, 0.15) is 17.9 Å². The van der Waals surface area contributed by atoms with Gasteiger partial charge in [-0.25, -0.2) is 17.2 Å². The maximum atomic E-state index is 15.5. The van der Waals surface area contributed by atoms with Crippen LogP contribution in [-0.2, 0) is 10.0 Å². The molecule has 1 aliphatic rings. The average Bonchev–Trinajstić information content (AvgIpc) is 3.28. The number of H-pyrrole nitrogens is 1. The second-order valence-electron chi connectivity index (χ2n) is 9.44. The van der Waals surface area contributed by atoms with E-state index >= 15 is 4.39 Å². The lowest BCUT2D eigenvalue weighted by atomic mass is 9.81. The highest BCUT2D eigenvalue weighted by Crippen LogP contribution is 2.37. The van der Waals surface area contributed by atoms with Crippen molar-refractivity contribution in [1.82, 2.24) is 9.88 Å². The zero-order chi connectivity index (χ0) is 27.0. The Hall–Kier alpha value is -2.85. The first-order valence-corrected chi connectivity index (χ1v) is 14.2. The third-order valence-electron chi connectivity index (χ3n) is 6.89. The van der Waals surface area contributed by atoms with Crippen molar-refractivity contribution in [3.05, 3.63) is 88.0 Å². The van der Waals surface area contributed by atoms with Crippen LogP contribution in [0.5, 0.6) is 5.75 Å². The highest BCUT2D eigenvalue weighted by atomic mass is 35.5. The van der Waals surface area contributed by atoms with Gasteiger partial charge in [-0.2, -0.15) is 0 Å². The molecule has 2 atom stereocenters. The number of likely N-dealkylation sites (tertiary alicyclic amines) is 1. The number of sulfonamides is 1. The Kier molecular flexibility index (Phi) is 7.55. The maximum absolute atomic E-state index is 15.5. The Morgan fingerprint density at radius 1 is 1.08 bits per heavy atom. The number of nitrogens with one attached hydrogen (secondary N) is 2. The summed E-state index contributed by atoms with van der Waals surface area (Å²) in [5.41, 5.74) is 1.55. The number of rotatable bonds is 7. The van der Waals surface area contributed by atoms with Gasteiger partial charge in [0, 0.05) is 24.0 Å². The summed E-state index contributed by atoms with van der Waals surface area (Å²) in [6, 6.07) is 13.4. The molecule has 200 valence electrons. The SMILES string of the molecule is CN1CC[C@@H](c2ccc(F)cc2)[C@H](COc2cccc(S(=O)(=O)Nc3ccc(Cl)c4c(Cl)c[nH]c34)c2F)C1. The maximum Gasteiger partial charge on any atom is 0.265 e. The van der Waals surface area contributed by atoms with Crippen LogP contribution in [0.4, 0.5) is 14.5 Å². The highest BCUT2D eigenvalue weighted by molar-refractivity contribution is 7.92. The molecule has 2 N–H and O–H groups in total. The van der Waals surface area contributed by atoms with Gasteiger partial charge >= 0.3 is 0 Å². The Morgan fingerprint density at radius 3 is 2.61 bits per heavy atom. The molecule has 0 saturated carbocycles. The van der Waals surface area contributed by atoms with Crippen molar-refractivity contribution in [2.45, 2.75) is 17.2 Å². The quantitative estimate of drug-likeness (QED) is 0.256. The van der Waals surface area contributed by atoms with E-state index < -0.39 is 20.7 Å². The molecule has 5 rings (SSSR count). The Labute approximate surface area is 229 Å². The van der Waals surface area contributed by atoms with E-state index in [-0.39, 0.29) is 35.7 Å². The summed E-state index contributed by atoms with van der Waals surface area (Å²) in [4.78, 5) is 4.50. The molecule has 1 aliphatic heterocycles. The monoisotopic (exact) mass is 579 g/mol. The molecule has 1 fully saturated rings. The summed E-state index contributed by atoms with van der Waals surface area (Å²) in [5.74, 6) is -1.36. The largest absolute Gasteiger partial charge is 0.490 e. The van der Waals surface area contributed by atoms with Crippen molar-refractivity contribution >= 4 is 49.8 Å². The van der Waals surface area contributed by atoms with Gasteiger partial charge < -0.3 is 14.6 Å². The van der Waals surface area contributed by atoms with Gasteiger partial charge in [0.25, 0.3) is 10.0 Å². The molecule has 0 unspecified atom stereocenters. The minimum atomic E-state index is -4.33. The number of anilines is 1.